The molecular formula is C36H52O7. The Morgan fingerprint density at radius 1 is 1.12 bits per heavy atom. The van der Waals surface area contributed by atoms with Gasteiger partial charge in [-0.15, -0.1) is 0 Å². The van der Waals surface area contributed by atoms with E-state index in [2.05, 4.69) is 39.0 Å². The van der Waals surface area contributed by atoms with E-state index in [1.807, 2.05) is 18.2 Å². The standard InChI is InChI=1S/C36H52O7/c1-22-9-8-12-27-21-41-34-33(38)25(4)18-31(36(27,34)40)35(39)43-30-19-28(15-13-23(2)17-22)42-29(20-30)16-14-24(3)32(37)26-10-6-5-7-11-26/h8-9,12-14,16,18,22,24,26,28-34,37-38,40H,5-7,10-11,15,17,19-21H2,1-4H3/b9-8+,16-14-,23-13+,27-12+/t22-,24-,28+,29?,30?,31?,32?,33?,34+,36+/m0/s1. The molecule has 0 amide bonds. The molecule has 7 nitrogen and oxygen atoms in total. The lowest BCUT2D eigenvalue weighted by atomic mass is 9.71. The molecule has 0 spiro atoms. The van der Waals surface area contributed by atoms with Crippen molar-refractivity contribution in [3.8, 4) is 0 Å². The molecule has 3 aliphatic heterocycles. The first-order valence-corrected chi connectivity index (χ1v) is 16.5. The predicted molar refractivity (Wildman–Crippen MR) is 166 cm³/mol. The van der Waals surface area contributed by atoms with Crippen molar-refractivity contribution < 1.29 is 34.3 Å². The molecule has 3 fully saturated rings. The summed E-state index contributed by atoms with van der Waals surface area (Å²) in [6.45, 7) is 8.26. The van der Waals surface area contributed by atoms with Gasteiger partial charge in [0.2, 0.25) is 0 Å². The van der Waals surface area contributed by atoms with Gasteiger partial charge in [-0.1, -0.05) is 81.2 Å². The number of carbonyl (C=O) groups is 1. The van der Waals surface area contributed by atoms with E-state index in [1.54, 1.807) is 13.0 Å². The van der Waals surface area contributed by atoms with Gasteiger partial charge in [-0.05, 0) is 62.5 Å². The highest BCUT2D eigenvalue weighted by Crippen LogP contribution is 2.45. The predicted octanol–water partition coefficient (Wildman–Crippen LogP) is 5.51. The van der Waals surface area contributed by atoms with Gasteiger partial charge in [0.25, 0.3) is 0 Å². The van der Waals surface area contributed by atoms with E-state index in [0.29, 0.717) is 29.9 Å². The van der Waals surface area contributed by atoms with Crippen molar-refractivity contribution in [3.63, 3.8) is 0 Å². The lowest BCUT2D eigenvalue weighted by Gasteiger charge is -2.42. The zero-order valence-corrected chi connectivity index (χ0v) is 26.4. The van der Waals surface area contributed by atoms with Crippen LogP contribution in [0.4, 0.5) is 0 Å². The third kappa shape index (κ3) is 7.28. The van der Waals surface area contributed by atoms with Crippen molar-refractivity contribution >= 4 is 5.97 Å². The highest BCUT2D eigenvalue weighted by atomic mass is 16.6. The summed E-state index contributed by atoms with van der Waals surface area (Å²) in [7, 11) is 0. The number of rotatable bonds is 4. The van der Waals surface area contributed by atoms with Gasteiger partial charge in [0.15, 0.2) is 0 Å². The Bertz CT molecular complexity index is 1140. The molecule has 0 aromatic rings. The summed E-state index contributed by atoms with van der Waals surface area (Å²) in [6.07, 6.45) is 19.3. The molecular weight excluding hydrogens is 544 g/mol. The van der Waals surface area contributed by atoms with Crippen LogP contribution in [0.25, 0.3) is 0 Å². The third-order valence-corrected chi connectivity index (χ3v) is 10.4. The number of ether oxygens (including phenoxy) is 3. The van der Waals surface area contributed by atoms with Crippen LogP contribution in [0.2, 0.25) is 0 Å². The van der Waals surface area contributed by atoms with Crippen LogP contribution in [-0.4, -0.2) is 70.1 Å². The molecule has 3 N–H and O–H groups in total. The fraction of sp³-hybridized carbons (Fsp3) is 0.694. The van der Waals surface area contributed by atoms with Crippen LogP contribution in [0.1, 0.15) is 85.5 Å². The second-order valence-electron chi connectivity index (χ2n) is 13.9. The monoisotopic (exact) mass is 596 g/mol. The Hall–Kier alpha value is -2.03. The first-order valence-electron chi connectivity index (χ1n) is 16.5. The molecule has 1 saturated carbocycles. The summed E-state index contributed by atoms with van der Waals surface area (Å²) in [5, 5.41) is 33.9. The van der Waals surface area contributed by atoms with E-state index < -0.39 is 35.8 Å². The molecule has 2 aliphatic carbocycles. The van der Waals surface area contributed by atoms with Gasteiger partial charge in [0, 0.05) is 18.8 Å². The number of hydrogen-bond acceptors (Lipinski definition) is 7. The van der Waals surface area contributed by atoms with E-state index in [-0.39, 0.29) is 36.8 Å². The SMILES string of the molecule is CC1=CC2C(=O)OC3CC(/C=C\[C@H](C)C(O)C4CCCCC4)O[C@H](C/C=C(\C)C[C@@H](C)/C=C/C=C4\CO[C@H](C1O)[C@@]42O)C3. The fourth-order valence-electron chi connectivity index (χ4n) is 7.76. The Morgan fingerprint density at radius 2 is 1.88 bits per heavy atom. The van der Waals surface area contributed by atoms with Gasteiger partial charge < -0.3 is 29.5 Å². The number of aliphatic hydroxyl groups is 3. The molecule has 3 heterocycles. The van der Waals surface area contributed by atoms with E-state index in [1.165, 1.54) is 24.8 Å². The lowest BCUT2D eigenvalue weighted by Crippen LogP contribution is -2.57. The maximum atomic E-state index is 13.8. The van der Waals surface area contributed by atoms with Gasteiger partial charge in [-0.25, -0.2) is 0 Å². The van der Waals surface area contributed by atoms with Crippen LogP contribution in [0.15, 0.2) is 59.3 Å². The number of fused-ring (bicyclic) bond motifs is 2. The second-order valence-corrected chi connectivity index (χ2v) is 13.9. The average molecular weight is 597 g/mol. The first kappa shape index (κ1) is 32.4. The van der Waals surface area contributed by atoms with Crippen LogP contribution in [0.5, 0.6) is 0 Å². The molecule has 5 unspecified atom stereocenters. The minimum atomic E-state index is -1.69. The number of carbonyl (C=O) groups excluding carboxylic acids is 1. The number of esters is 1. The molecule has 2 bridgehead atoms. The maximum Gasteiger partial charge on any atom is 0.316 e. The van der Waals surface area contributed by atoms with Gasteiger partial charge in [0.05, 0.1) is 24.9 Å². The van der Waals surface area contributed by atoms with Crippen molar-refractivity contribution in [2.24, 2.45) is 23.7 Å². The zero-order chi connectivity index (χ0) is 30.7. The van der Waals surface area contributed by atoms with Crippen LogP contribution in [0, 0.1) is 23.7 Å². The summed E-state index contributed by atoms with van der Waals surface area (Å²) in [4.78, 5) is 13.8. The number of allylic oxidation sites excluding steroid dienone is 4. The van der Waals surface area contributed by atoms with E-state index in [4.69, 9.17) is 14.2 Å². The minimum Gasteiger partial charge on any atom is -0.462 e. The van der Waals surface area contributed by atoms with Crippen molar-refractivity contribution in [1.29, 1.82) is 0 Å². The van der Waals surface area contributed by atoms with Gasteiger partial charge in [-0.2, -0.15) is 0 Å². The maximum absolute atomic E-state index is 13.8. The Balaban J connectivity index is 1.40. The Morgan fingerprint density at radius 3 is 2.65 bits per heavy atom. The minimum absolute atomic E-state index is 0.0100. The van der Waals surface area contributed by atoms with Crippen LogP contribution >= 0.6 is 0 Å². The fourth-order valence-corrected chi connectivity index (χ4v) is 7.76. The van der Waals surface area contributed by atoms with Crippen molar-refractivity contribution in [1.82, 2.24) is 0 Å². The zero-order valence-electron chi connectivity index (χ0n) is 26.4. The van der Waals surface area contributed by atoms with Crippen LogP contribution < -0.4 is 0 Å². The van der Waals surface area contributed by atoms with Crippen molar-refractivity contribution in [3.05, 3.63) is 59.3 Å². The highest BCUT2D eigenvalue weighted by molar-refractivity contribution is 5.78. The van der Waals surface area contributed by atoms with Crippen molar-refractivity contribution in [2.75, 3.05) is 6.61 Å². The van der Waals surface area contributed by atoms with E-state index in [0.717, 1.165) is 25.7 Å². The summed E-state index contributed by atoms with van der Waals surface area (Å²) in [6, 6.07) is 0. The molecule has 0 aromatic heterocycles. The van der Waals surface area contributed by atoms with Crippen molar-refractivity contribution in [2.45, 2.75) is 128 Å². The summed E-state index contributed by atoms with van der Waals surface area (Å²) < 4.78 is 18.6. The Labute approximate surface area is 257 Å². The largest absolute Gasteiger partial charge is 0.462 e. The topological polar surface area (TPSA) is 105 Å². The average Bonchev–Trinajstić information content (AvgIpc) is 3.33. The number of hydrogen-bond donors (Lipinski definition) is 3. The Kier molecular flexibility index (Phi) is 10.5. The second kappa shape index (κ2) is 13.9. The number of aliphatic hydroxyl groups excluding tert-OH is 2. The van der Waals surface area contributed by atoms with Gasteiger partial charge >= 0.3 is 5.97 Å². The molecule has 5 aliphatic rings. The van der Waals surface area contributed by atoms with E-state index in [9.17, 15) is 20.1 Å². The first-order chi connectivity index (χ1) is 20.6. The summed E-state index contributed by atoms with van der Waals surface area (Å²) >= 11 is 0. The summed E-state index contributed by atoms with van der Waals surface area (Å²) in [5.74, 6) is -0.868. The van der Waals surface area contributed by atoms with Crippen LogP contribution in [-0.2, 0) is 19.0 Å². The molecule has 0 radical (unpaired) electrons. The smallest absolute Gasteiger partial charge is 0.316 e. The van der Waals surface area contributed by atoms with Gasteiger partial charge in [0.1, 0.15) is 29.8 Å². The molecule has 238 valence electrons. The molecule has 0 aromatic carbocycles. The highest BCUT2D eigenvalue weighted by Gasteiger charge is 2.59. The molecule has 43 heavy (non-hydrogen) atoms. The molecule has 7 heteroatoms. The van der Waals surface area contributed by atoms with Gasteiger partial charge in [-0.3, -0.25) is 4.79 Å². The lowest BCUT2D eigenvalue weighted by molar-refractivity contribution is -0.175. The quantitative estimate of drug-likeness (QED) is 0.291. The normalized spacial score (nSPS) is 42.5. The molecule has 5 rings (SSSR count). The molecule has 2 saturated heterocycles. The third-order valence-electron chi connectivity index (χ3n) is 10.4. The molecule has 10 atom stereocenters. The summed E-state index contributed by atoms with van der Waals surface area (Å²) in [5.41, 5.74) is 0.745. The van der Waals surface area contributed by atoms with E-state index >= 15 is 0 Å². The van der Waals surface area contributed by atoms with Crippen LogP contribution in [0.3, 0.4) is 0 Å².